The summed E-state index contributed by atoms with van der Waals surface area (Å²) < 4.78 is 0. The molecule has 1 aromatic carbocycles. The fraction of sp³-hybridized carbons (Fsp3) is 0.286. The van der Waals surface area contributed by atoms with Gasteiger partial charge in [-0.25, -0.2) is 0 Å². The third kappa shape index (κ3) is 3.03. The Morgan fingerprint density at radius 2 is 2.24 bits per heavy atom. The average molecular weight is 230 g/mol. The maximum atomic E-state index is 9.61. The summed E-state index contributed by atoms with van der Waals surface area (Å²) in [5.41, 5.74) is 3.18. The molecule has 0 bridgehead atoms. The molecule has 0 amide bonds. The summed E-state index contributed by atoms with van der Waals surface area (Å²) in [6.45, 7) is 3.64. The van der Waals surface area contributed by atoms with Crippen molar-refractivity contribution >= 4 is 5.69 Å². The SMILES string of the molecule is Cc1ccc(NCC2=CC=CN(C)C2)cc1O. The van der Waals surface area contributed by atoms with Crippen LogP contribution in [0.4, 0.5) is 5.69 Å². The summed E-state index contributed by atoms with van der Waals surface area (Å²) in [5.74, 6) is 0.338. The Bertz CT molecular complexity index is 463. The van der Waals surface area contributed by atoms with Crippen molar-refractivity contribution in [3.63, 3.8) is 0 Å². The highest BCUT2D eigenvalue weighted by atomic mass is 16.3. The van der Waals surface area contributed by atoms with Gasteiger partial charge in [0.25, 0.3) is 0 Å². The van der Waals surface area contributed by atoms with Crippen LogP contribution >= 0.6 is 0 Å². The summed E-state index contributed by atoms with van der Waals surface area (Å²) in [5, 5.41) is 12.9. The second-order valence-electron chi connectivity index (χ2n) is 4.44. The first-order chi connectivity index (χ1) is 8.15. The van der Waals surface area contributed by atoms with Gasteiger partial charge in [0.15, 0.2) is 0 Å². The van der Waals surface area contributed by atoms with E-state index in [2.05, 4.69) is 29.5 Å². The number of phenols is 1. The van der Waals surface area contributed by atoms with Gasteiger partial charge in [-0.3, -0.25) is 0 Å². The molecule has 0 fully saturated rings. The first-order valence-electron chi connectivity index (χ1n) is 5.75. The summed E-state index contributed by atoms with van der Waals surface area (Å²) >= 11 is 0. The van der Waals surface area contributed by atoms with E-state index in [1.807, 2.05) is 25.1 Å². The van der Waals surface area contributed by atoms with E-state index in [0.29, 0.717) is 5.75 Å². The molecule has 17 heavy (non-hydrogen) atoms. The Balaban J connectivity index is 1.96. The van der Waals surface area contributed by atoms with Crippen LogP contribution in [0, 0.1) is 6.92 Å². The molecule has 90 valence electrons. The van der Waals surface area contributed by atoms with E-state index in [1.165, 1.54) is 5.57 Å². The van der Waals surface area contributed by atoms with Crippen LogP contribution in [-0.4, -0.2) is 30.1 Å². The number of aryl methyl sites for hydroxylation is 1. The Morgan fingerprint density at radius 1 is 1.41 bits per heavy atom. The van der Waals surface area contributed by atoms with Gasteiger partial charge < -0.3 is 15.3 Å². The molecule has 0 atom stereocenters. The summed E-state index contributed by atoms with van der Waals surface area (Å²) in [6.07, 6.45) is 6.23. The first kappa shape index (κ1) is 11.6. The predicted octanol–water partition coefficient (Wildman–Crippen LogP) is 2.50. The molecule has 0 spiro atoms. The number of likely N-dealkylation sites (N-methyl/N-ethyl adjacent to an activating group) is 1. The minimum atomic E-state index is 0.338. The number of rotatable bonds is 3. The third-order valence-corrected chi connectivity index (χ3v) is 2.85. The van der Waals surface area contributed by atoms with Gasteiger partial charge in [0.1, 0.15) is 5.75 Å². The van der Waals surface area contributed by atoms with Crippen LogP contribution in [0.25, 0.3) is 0 Å². The molecule has 1 heterocycles. The predicted molar refractivity (Wildman–Crippen MR) is 71.2 cm³/mol. The van der Waals surface area contributed by atoms with Crippen molar-refractivity contribution in [2.45, 2.75) is 6.92 Å². The lowest BCUT2D eigenvalue weighted by Crippen LogP contribution is -2.21. The lowest BCUT2D eigenvalue weighted by Gasteiger charge is -2.20. The Morgan fingerprint density at radius 3 is 2.94 bits per heavy atom. The average Bonchev–Trinajstić information content (AvgIpc) is 2.31. The number of hydrogen-bond acceptors (Lipinski definition) is 3. The molecular weight excluding hydrogens is 212 g/mol. The van der Waals surface area contributed by atoms with Gasteiger partial charge in [-0.15, -0.1) is 0 Å². The Hall–Kier alpha value is -1.90. The molecule has 3 nitrogen and oxygen atoms in total. The van der Waals surface area contributed by atoms with Crippen LogP contribution in [0.5, 0.6) is 5.75 Å². The summed E-state index contributed by atoms with van der Waals surface area (Å²) in [6, 6.07) is 5.66. The Labute approximate surface area is 102 Å². The van der Waals surface area contributed by atoms with Gasteiger partial charge in [-0.2, -0.15) is 0 Å². The summed E-state index contributed by atoms with van der Waals surface area (Å²) in [4.78, 5) is 2.14. The maximum absolute atomic E-state index is 9.61. The van der Waals surface area contributed by atoms with E-state index in [9.17, 15) is 5.11 Å². The zero-order chi connectivity index (χ0) is 12.3. The quantitative estimate of drug-likeness (QED) is 0.837. The molecule has 0 radical (unpaired) electrons. The van der Waals surface area contributed by atoms with Crippen LogP contribution in [-0.2, 0) is 0 Å². The van der Waals surface area contributed by atoms with Crippen molar-refractivity contribution in [1.82, 2.24) is 4.90 Å². The molecular formula is C14H18N2O. The first-order valence-corrected chi connectivity index (χ1v) is 5.75. The second kappa shape index (κ2) is 4.95. The number of nitrogens with one attached hydrogen (secondary N) is 1. The molecule has 0 aromatic heterocycles. The highest BCUT2D eigenvalue weighted by Gasteiger charge is 2.04. The van der Waals surface area contributed by atoms with Crippen LogP contribution < -0.4 is 5.32 Å². The van der Waals surface area contributed by atoms with E-state index in [-0.39, 0.29) is 0 Å². The standard InChI is InChI=1S/C14H18N2O/c1-11-5-6-13(8-14(11)17)15-9-12-4-3-7-16(2)10-12/h3-8,15,17H,9-10H2,1-2H3. The smallest absolute Gasteiger partial charge is 0.120 e. The molecule has 0 saturated carbocycles. The topological polar surface area (TPSA) is 35.5 Å². The molecule has 2 rings (SSSR count). The van der Waals surface area contributed by atoms with E-state index in [0.717, 1.165) is 24.3 Å². The third-order valence-electron chi connectivity index (χ3n) is 2.85. The lowest BCUT2D eigenvalue weighted by molar-refractivity contribution is 0.471. The number of nitrogens with zero attached hydrogens (tertiary/aromatic N) is 1. The summed E-state index contributed by atoms with van der Waals surface area (Å²) in [7, 11) is 2.06. The lowest BCUT2D eigenvalue weighted by atomic mass is 10.1. The normalized spacial score (nSPS) is 14.7. The highest BCUT2D eigenvalue weighted by molar-refractivity contribution is 5.51. The van der Waals surface area contributed by atoms with Crippen LogP contribution in [0.1, 0.15) is 5.56 Å². The van der Waals surface area contributed by atoms with Gasteiger partial charge in [0, 0.05) is 31.9 Å². The van der Waals surface area contributed by atoms with Crippen molar-refractivity contribution in [1.29, 1.82) is 0 Å². The number of hydrogen-bond donors (Lipinski definition) is 2. The van der Waals surface area contributed by atoms with E-state index in [4.69, 9.17) is 0 Å². The van der Waals surface area contributed by atoms with Crippen molar-refractivity contribution in [3.8, 4) is 5.75 Å². The van der Waals surface area contributed by atoms with Crippen molar-refractivity contribution in [2.75, 3.05) is 25.5 Å². The maximum Gasteiger partial charge on any atom is 0.120 e. The van der Waals surface area contributed by atoms with E-state index < -0.39 is 0 Å². The van der Waals surface area contributed by atoms with Gasteiger partial charge in [0.2, 0.25) is 0 Å². The zero-order valence-corrected chi connectivity index (χ0v) is 10.3. The minimum absolute atomic E-state index is 0.338. The second-order valence-corrected chi connectivity index (χ2v) is 4.44. The fourth-order valence-corrected chi connectivity index (χ4v) is 1.80. The molecule has 1 aromatic rings. The monoisotopic (exact) mass is 230 g/mol. The van der Waals surface area contributed by atoms with Gasteiger partial charge in [-0.05, 0) is 36.4 Å². The minimum Gasteiger partial charge on any atom is -0.508 e. The van der Waals surface area contributed by atoms with Crippen molar-refractivity contribution < 1.29 is 5.11 Å². The molecule has 0 saturated heterocycles. The number of benzene rings is 1. The van der Waals surface area contributed by atoms with Gasteiger partial charge >= 0.3 is 0 Å². The molecule has 2 N–H and O–H groups in total. The molecule has 1 aliphatic heterocycles. The van der Waals surface area contributed by atoms with E-state index >= 15 is 0 Å². The van der Waals surface area contributed by atoms with Crippen LogP contribution in [0.2, 0.25) is 0 Å². The Kier molecular flexibility index (Phi) is 3.38. The highest BCUT2D eigenvalue weighted by Crippen LogP contribution is 2.21. The number of anilines is 1. The van der Waals surface area contributed by atoms with E-state index in [1.54, 1.807) is 6.07 Å². The molecule has 0 aliphatic carbocycles. The number of allylic oxidation sites excluding steroid dienone is 2. The van der Waals surface area contributed by atoms with Crippen LogP contribution in [0.3, 0.4) is 0 Å². The van der Waals surface area contributed by atoms with Gasteiger partial charge in [-0.1, -0.05) is 12.1 Å². The molecule has 3 heteroatoms. The van der Waals surface area contributed by atoms with Crippen LogP contribution in [0.15, 0.2) is 42.1 Å². The zero-order valence-electron chi connectivity index (χ0n) is 10.3. The van der Waals surface area contributed by atoms with Crippen molar-refractivity contribution in [2.24, 2.45) is 0 Å². The van der Waals surface area contributed by atoms with Gasteiger partial charge in [0.05, 0.1) is 0 Å². The molecule has 0 unspecified atom stereocenters. The number of phenolic OH excluding ortho intramolecular Hbond substituents is 1. The largest absolute Gasteiger partial charge is 0.508 e. The number of aromatic hydroxyl groups is 1. The molecule has 1 aliphatic rings. The van der Waals surface area contributed by atoms with Crippen molar-refractivity contribution in [3.05, 3.63) is 47.7 Å². The fourth-order valence-electron chi connectivity index (χ4n) is 1.80.